The molecule has 5 heteroatoms. The van der Waals surface area contributed by atoms with E-state index >= 15 is 0 Å². The molecule has 19 heavy (non-hydrogen) atoms. The minimum absolute atomic E-state index is 0.229. The highest BCUT2D eigenvalue weighted by molar-refractivity contribution is 5.60. The third kappa shape index (κ3) is 2.81. The summed E-state index contributed by atoms with van der Waals surface area (Å²) in [6, 6.07) is 7.38. The van der Waals surface area contributed by atoms with Gasteiger partial charge in [0.15, 0.2) is 17.5 Å². The van der Waals surface area contributed by atoms with E-state index in [0.29, 0.717) is 23.8 Å². The molecule has 2 aromatic rings. The van der Waals surface area contributed by atoms with Crippen molar-refractivity contribution >= 4 is 5.82 Å². The maximum absolute atomic E-state index is 13.8. The normalized spacial score (nSPS) is 10.3. The van der Waals surface area contributed by atoms with Crippen LogP contribution >= 0.6 is 0 Å². The zero-order valence-electron chi connectivity index (χ0n) is 11.2. The molecule has 1 aromatic heterocycles. The Balaban J connectivity index is 2.49. The van der Waals surface area contributed by atoms with Crippen molar-refractivity contribution in [1.29, 1.82) is 0 Å². The van der Waals surface area contributed by atoms with E-state index in [1.807, 2.05) is 31.2 Å². The Kier molecular flexibility index (Phi) is 3.94. The molecule has 0 radical (unpaired) electrons. The first-order valence-corrected chi connectivity index (χ1v) is 6.08. The fourth-order valence-electron chi connectivity index (χ4n) is 1.74. The first-order chi connectivity index (χ1) is 9.15. The number of rotatable bonds is 4. The highest BCUT2D eigenvalue weighted by atomic mass is 19.1. The molecule has 0 saturated heterocycles. The van der Waals surface area contributed by atoms with Crippen molar-refractivity contribution in [2.24, 2.45) is 0 Å². The molecular weight excluding hydrogens is 245 g/mol. The highest BCUT2D eigenvalue weighted by Crippen LogP contribution is 2.24. The molecular formula is C14H16FN3O. The number of ether oxygens (including phenoxy) is 1. The second-order valence-corrected chi connectivity index (χ2v) is 4.06. The lowest BCUT2D eigenvalue weighted by atomic mass is 10.2. The lowest BCUT2D eigenvalue weighted by molar-refractivity contribution is 0.415. The van der Waals surface area contributed by atoms with E-state index in [9.17, 15) is 4.39 Å². The number of benzene rings is 1. The number of hydrogen-bond donors (Lipinski definition) is 1. The molecule has 1 aromatic carbocycles. The van der Waals surface area contributed by atoms with Gasteiger partial charge >= 0.3 is 0 Å². The first kappa shape index (κ1) is 13.3. The summed E-state index contributed by atoms with van der Waals surface area (Å²) < 4.78 is 19.0. The van der Waals surface area contributed by atoms with Crippen molar-refractivity contribution in [2.75, 3.05) is 19.0 Å². The van der Waals surface area contributed by atoms with Crippen molar-refractivity contribution in [3.8, 4) is 17.1 Å². The SMILES string of the molecule is CCNc1nc(-c2cccc(OC)c2)nc(C)c1F. The van der Waals surface area contributed by atoms with Crippen LogP contribution in [0.1, 0.15) is 12.6 Å². The van der Waals surface area contributed by atoms with Crippen LogP contribution in [0.25, 0.3) is 11.4 Å². The number of nitrogens with zero attached hydrogens (tertiary/aromatic N) is 2. The summed E-state index contributed by atoms with van der Waals surface area (Å²) >= 11 is 0. The maximum Gasteiger partial charge on any atom is 0.186 e. The summed E-state index contributed by atoms with van der Waals surface area (Å²) in [4.78, 5) is 8.40. The van der Waals surface area contributed by atoms with Gasteiger partial charge in [0.25, 0.3) is 0 Å². The fourth-order valence-corrected chi connectivity index (χ4v) is 1.74. The Morgan fingerprint density at radius 2 is 2.11 bits per heavy atom. The Morgan fingerprint density at radius 1 is 1.32 bits per heavy atom. The second-order valence-electron chi connectivity index (χ2n) is 4.06. The van der Waals surface area contributed by atoms with Crippen LogP contribution < -0.4 is 10.1 Å². The molecule has 0 fully saturated rings. The molecule has 0 aliphatic rings. The predicted octanol–water partition coefficient (Wildman–Crippen LogP) is 3.03. The Bertz CT molecular complexity index is 587. The van der Waals surface area contributed by atoms with Crippen molar-refractivity contribution in [2.45, 2.75) is 13.8 Å². The zero-order valence-corrected chi connectivity index (χ0v) is 11.2. The van der Waals surface area contributed by atoms with Gasteiger partial charge < -0.3 is 10.1 Å². The molecule has 0 saturated carbocycles. The average molecular weight is 261 g/mol. The molecule has 0 unspecified atom stereocenters. The van der Waals surface area contributed by atoms with Gasteiger partial charge in [-0.15, -0.1) is 0 Å². The quantitative estimate of drug-likeness (QED) is 0.919. The average Bonchev–Trinajstić information content (AvgIpc) is 2.44. The third-order valence-corrected chi connectivity index (χ3v) is 2.69. The van der Waals surface area contributed by atoms with Gasteiger partial charge in [-0.25, -0.2) is 14.4 Å². The summed E-state index contributed by atoms with van der Waals surface area (Å²) in [6.07, 6.45) is 0. The maximum atomic E-state index is 13.8. The van der Waals surface area contributed by atoms with Crippen LogP contribution in [-0.4, -0.2) is 23.6 Å². The summed E-state index contributed by atoms with van der Waals surface area (Å²) in [5.74, 6) is 1.02. The van der Waals surface area contributed by atoms with Crippen LogP contribution in [-0.2, 0) is 0 Å². The molecule has 2 rings (SSSR count). The lowest BCUT2D eigenvalue weighted by Crippen LogP contribution is -2.06. The zero-order chi connectivity index (χ0) is 13.8. The molecule has 0 aliphatic heterocycles. The van der Waals surface area contributed by atoms with Crippen molar-refractivity contribution < 1.29 is 9.13 Å². The van der Waals surface area contributed by atoms with Crippen LogP contribution in [0.3, 0.4) is 0 Å². The molecule has 0 spiro atoms. The van der Waals surface area contributed by atoms with Crippen molar-refractivity contribution in [3.63, 3.8) is 0 Å². The van der Waals surface area contributed by atoms with E-state index in [0.717, 1.165) is 5.56 Å². The fraction of sp³-hybridized carbons (Fsp3) is 0.286. The largest absolute Gasteiger partial charge is 0.497 e. The minimum Gasteiger partial charge on any atom is -0.497 e. The topological polar surface area (TPSA) is 47.0 Å². The van der Waals surface area contributed by atoms with Gasteiger partial charge in [-0.05, 0) is 26.0 Å². The Labute approximate surface area is 111 Å². The number of aryl methyl sites for hydroxylation is 1. The van der Waals surface area contributed by atoms with Crippen LogP contribution in [0.4, 0.5) is 10.2 Å². The van der Waals surface area contributed by atoms with Gasteiger partial charge in [0.2, 0.25) is 0 Å². The monoisotopic (exact) mass is 261 g/mol. The molecule has 0 aliphatic carbocycles. The highest BCUT2D eigenvalue weighted by Gasteiger charge is 2.12. The molecule has 0 atom stereocenters. The molecule has 1 N–H and O–H groups in total. The standard InChI is InChI=1S/C14H16FN3O/c1-4-16-14-12(15)9(2)17-13(18-14)10-6-5-7-11(8-10)19-3/h5-8H,4H2,1-3H3,(H,16,17,18). The molecule has 0 amide bonds. The molecule has 100 valence electrons. The van der Waals surface area contributed by atoms with Crippen LogP contribution in [0.2, 0.25) is 0 Å². The Hall–Kier alpha value is -2.17. The van der Waals surface area contributed by atoms with Crippen molar-refractivity contribution in [3.05, 3.63) is 35.8 Å². The minimum atomic E-state index is -0.409. The van der Waals surface area contributed by atoms with E-state index in [4.69, 9.17) is 4.74 Å². The third-order valence-electron chi connectivity index (χ3n) is 2.69. The van der Waals surface area contributed by atoms with Gasteiger partial charge in [-0.1, -0.05) is 12.1 Å². The van der Waals surface area contributed by atoms with E-state index in [1.165, 1.54) is 0 Å². The van der Waals surface area contributed by atoms with Crippen molar-refractivity contribution in [1.82, 2.24) is 9.97 Å². The van der Waals surface area contributed by atoms with Gasteiger partial charge in [-0.2, -0.15) is 0 Å². The molecule has 1 heterocycles. The summed E-state index contributed by atoms with van der Waals surface area (Å²) in [6.45, 7) is 4.12. The van der Waals surface area contributed by atoms with Crippen LogP contribution in [0.5, 0.6) is 5.75 Å². The van der Waals surface area contributed by atoms with Gasteiger partial charge in [0, 0.05) is 12.1 Å². The van der Waals surface area contributed by atoms with E-state index < -0.39 is 5.82 Å². The van der Waals surface area contributed by atoms with E-state index in [1.54, 1.807) is 14.0 Å². The number of aromatic nitrogens is 2. The molecule has 4 nitrogen and oxygen atoms in total. The van der Waals surface area contributed by atoms with E-state index in [-0.39, 0.29) is 5.82 Å². The lowest BCUT2D eigenvalue weighted by Gasteiger charge is -2.09. The van der Waals surface area contributed by atoms with Gasteiger partial charge in [0.1, 0.15) is 5.75 Å². The van der Waals surface area contributed by atoms with E-state index in [2.05, 4.69) is 15.3 Å². The summed E-state index contributed by atoms with van der Waals surface area (Å²) in [5, 5.41) is 2.90. The van der Waals surface area contributed by atoms with Crippen LogP contribution in [0, 0.1) is 12.7 Å². The van der Waals surface area contributed by atoms with Gasteiger partial charge in [0.05, 0.1) is 12.8 Å². The molecule has 0 bridgehead atoms. The summed E-state index contributed by atoms with van der Waals surface area (Å²) in [5.41, 5.74) is 1.12. The number of nitrogens with one attached hydrogen (secondary N) is 1. The first-order valence-electron chi connectivity index (χ1n) is 6.08. The smallest absolute Gasteiger partial charge is 0.186 e. The second kappa shape index (κ2) is 5.65. The number of hydrogen-bond acceptors (Lipinski definition) is 4. The number of methoxy groups -OCH3 is 1. The Morgan fingerprint density at radius 3 is 2.79 bits per heavy atom. The number of halogens is 1. The van der Waals surface area contributed by atoms with Crippen LogP contribution in [0.15, 0.2) is 24.3 Å². The summed E-state index contributed by atoms with van der Waals surface area (Å²) in [7, 11) is 1.60. The van der Waals surface area contributed by atoms with Gasteiger partial charge in [-0.3, -0.25) is 0 Å². The number of anilines is 1. The predicted molar refractivity (Wildman–Crippen MR) is 72.9 cm³/mol.